The lowest BCUT2D eigenvalue weighted by molar-refractivity contribution is 0.408. The van der Waals surface area contributed by atoms with Crippen LogP contribution in [0.3, 0.4) is 0 Å². The van der Waals surface area contributed by atoms with Gasteiger partial charge in [0.05, 0.1) is 12.5 Å². The molecule has 0 bridgehead atoms. The number of rotatable bonds is 6. The van der Waals surface area contributed by atoms with E-state index >= 15 is 0 Å². The standard InChI is InChI=1S/C16H13NO4S/c17-11-10-14-6-4-5-9-16(14)20-12-13-21-22(18,19)15-7-2-1-3-8-15/h1-9,12-13H,10H2. The van der Waals surface area contributed by atoms with Gasteiger partial charge in [0.25, 0.3) is 0 Å². The molecule has 5 nitrogen and oxygen atoms in total. The molecule has 0 aliphatic carbocycles. The molecule has 0 radical (unpaired) electrons. The van der Waals surface area contributed by atoms with Gasteiger partial charge >= 0.3 is 10.1 Å². The van der Waals surface area contributed by atoms with E-state index in [0.717, 1.165) is 12.5 Å². The minimum atomic E-state index is -3.85. The highest BCUT2D eigenvalue weighted by Crippen LogP contribution is 2.18. The Kier molecular flexibility index (Phi) is 5.17. The Morgan fingerprint density at radius 2 is 1.68 bits per heavy atom. The second kappa shape index (κ2) is 7.29. The van der Waals surface area contributed by atoms with E-state index in [2.05, 4.69) is 0 Å². The van der Waals surface area contributed by atoms with Crippen LogP contribution >= 0.6 is 0 Å². The molecule has 22 heavy (non-hydrogen) atoms. The lowest BCUT2D eigenvalue weighted by atomic mass is 10.1. The predicted octanol–water partition coefficient (Wildman–Crippen LogP) is 3.01. The summed E-state index contributed by atoms with van der Waals surface area (Å²) in [6, 6.07) is 16.8. The summed E-state index contributed by atoms with van der Waals surface area (Å²) in [6.07, 6.45) is 2.27. The van der Waals surface area contributed by atoms with E-state index in [4.69, 9.17) is 14.2 Å². The summed E-state index contributed by atoms with van der Waals surface area (Å²) in [4.78, 5) is 0.0598. The van der Waals surface area contributed by atoms with Gasteiger partial charge in [-0.3, -0.25) is 0 Å². The Morgan fingerprint density at radius 1 is 1.00 bits per heavy atom. The van der Waals surface area contributed by atoms with Crippen molar-refractivity contribution in [2.45, 2.75) is 11.3 Å². The van der Waals surface area contributed by atoms with Crippen LogP contribution in [0, 0.1) is 11.3 Å². The van der Waals surface area contributed by atoms with E-state index in [9.17, 15) is 8.42 Å². The first-order valence-electron chi connectivity index (χ1n) is 6.38. The molecule has 0 atom stereocenters. The molecule has 0 saturated heterocycles. The van der Waals surface area contributed by atoms with E-state index in [-0.39, 0.29) is 11.3 Å². The number of para-hydroxylation sites is 1. The number of hydrogen-bond donors (Lipinski definition) is 0. The third kappa shape index (κ3) is 4.11. The monoisotopic (exact) mass is 315 g/mol. The maximum atomic E-state index is 11.8. The number of ether oxygens (including phenoxy) is 1. The summed E-state index contributed by atoms with van der Waals surface area (Å²) in [5, 5.41) is 8.72. The molecule has 0 heterocycles. The van der Waals surface area contributed by atoms with Crippen molar-refractivity contribution in [1.29, 1.82) is 5.26 Å². The zero-order chi connectivity index (χ0) is 15.8. The summed E-state index contributed by atoms with van der Waals surface area (Å²) in [7, 11) is -3.85. The molecule has 0 fully saturated rings. The van der Waals surface area contributed by atoms with E-state index in [1.54, 1.807) is 42.5 Å². The van der Waals surface area contributed by atoms with E-state index in [1.807, 2.05) is 6.07 Å². The summed E-state index contributed by atoms with van der Waals surface area (Å²) in [5.41, 5.74) is 0.709. The Balaban J connectivity index is 2.01. The fourth-order valence-electron chi connectivity index (χ4n) is 1.69. The summed E-state index contributed by atoms with van der Waals surface area (Å²) in [5.74, 6) is 0.473. The van der Waals surface area contributed by atoms with Crippen LogP contribution in [0.1, 0.15) is 5.56 Å². The molecule has 2 rings (SSSR count). The smallest absolute Gasteiger partial charge is 0.338 e. The van der Waals surface area contributed by atoms with Crippen molar-refractivity contribution in [2.24, 2.45) is 0 Å². The first kappa shape index (κ1) is 15.6. The molecule has 6 heteroatoms. The van der Waals surface area contributed by atoms with Crippen LogP contribution in [0.2, 0.25) is 0 Å². The highest BCUT2D eigenvalue weighted by Gasteiger charge is 2.12. The minimum absolute atomic E-state index is 0.0598. The Bertz CT molecular complexity index is 792. The summed E-state index contributed by atoms with van der Waals surface area (Å²) < 4.78 is 33.7. The van der Waals surface area contributed by atoms with Crippen LogP contribution in [-0.2, 0) is 20.7 Å². The average Bonchev–Trinajstić information content (AvgIpc) is 2.54. The molecule has 0 N–H and O–H groups in total. The molecule has 0 saturated carbocycles. The number of nitrogens with zero attached hydrogens (tertiary/aromatic N) is 1. The number of nitriles is 1. The van der Waals surface area contributed by atoms with E-state index < -0.39 is 10.1 Å². The van der Waals surface area contributed by atoms with Gasteiger partial charge in [0.1, 0.15) is 23.2 Å². The van der Waals surface area contributed by atoms with Gasteiger partial charge < -0.3 is 8.92 Å². The lowest BCUT2D eigenvalue weighted by Gasteiger charge is -2.05. The van der Waals surface area contributed by atoms with Crippen LogP contribution in [0.4, 0.5) is 0 Å². The molecule has 2 aromatic carbocycles. The first-order valence-corrected chi connectivity index (χ1v) is 7.79. The SMILES string of the molecule is N#CCc1ccccc1OC=COS(=O)(=O)c1ccccc1. The average molecular weight is 315 g/mol. The van der Waals surface area contributed by atoms with Crippen LogP contribution in [0.5, 0.6) is 5.75 Å². The third-order valence-electron chi connectivity index (χ3n) is 2.71. The van der Waals surface area contributed by atoms with Crippen LogP contribution in [-0.4, -0.2) is 8.42 Å². The van der Waals surface area contributed by atoms with Gasteiger partial charge in [-0.25, -0.2) is 0 Å². The fourth-order valence-corrected chi connectivity index (χ4v) is 2.48. The number of benzene rings is 2. The zero-order valence-corrected chi connectivity index (χ0v) is 12.4. The van der Waals surface area contributed by atoms with Crippen molar-refractivity contribution in [3.05, 3.63) is 72.7 Å². The fraction of sp³-hybridized carbons (Fsp3) is 0.0625. The van der Waals surface area contributed by atoms with Crippen molar-refractivity contribution in [1.82, 2.24) is 0 Å². The van der Waals surface area contributed by atoms with E-state index in [0.29, 0.717) is 11.3 Å². The highest BCUT2D eigenvalue weighted by atomic mass is 32.2. The molecule has 0 aromatic heterocycles. The second-order valence-electron chi connectivity index (χ2n) is 4.20. The maximum Gasteiger partial charge on any atom is 0.338 e. The topological polar surface area (TPSA) is 76.4 Å². The van der Waals surface area contributed by atoms with Gasteiger partial charge in [0, 0.05) is 5.56 Å². The maximum absolute atomic E-state index is 11.8. The molecule has 0 amide bonds. The van der Waals surface area contributed by atoms with Crippen molar-refractivity contribution in [2.75, 3.05) is 0 Å². The Morgan fingerprint density at radius 3 is 2.41 bits per heavy atom. The van der Waals surface area contributed by atoms with Gasteiger partial charge in [0.15, 0.2) is 0 Å². The summed E-state index contributed by atoms with van der Waals surface area (Å²) in [6.45, 7) is 0. The first-order chi connectivity index (χ1) is 10.6. The molecular weight excluding hydrogens is 302 g/mol. The molecule has 112 valence electrons. The molecule has 0 spiro atoms. The van der Waals surface area contributed by atoms with Crippen LogP contribution in [0.25, 0.3) is 0 Å². The molecule has 0 aliphatic heterocycles. The quantitative estimate of drug-likeness (QED) is 0.605. The van der Waals surface area contributed by atoms with Gasteiger partial charge in [-0.1, -0.05) is 36.4 Å². The largest absolute Gasteiger partial charge is 0.461 e. The van der Waals surface area contributed by atoms with Crippen molar-refractivity contribution in [3.8, 4) is 11.8 Å². The molecule has 0 aliphatic rings. The van der Waals surface area contributed by atoms with Gasteiger partial charge in [-0.15, -0.1) is 0 Å². The molecule has 2 aromatic rings. The number of hydrogen-bond acceptors (Lipinski definition) is 5. The summed E-state index contributed by atoms with van der Waals surface area (Å²) >= 11 is 0. The third-order valence-corrected chi connectivity index (χ3v) is 3.92. The highest BCUT2D eigenvalue weighted by molar-refractivity contribution is 7.86. The van der Waals surface area contributed by atoms with Crippen molar-refractivity contribution in [3.63, 3.8) is 0 Å². The molecular formula is C16H13NO4S. The normalized spacial score (nSPS) is 11.0. The van der Waals surface area contributed by atoms with Crippen LogP contribution in [0.15, 0.2) is 72.0 Å². The van der Waals surface area contributed by atoms with Crippen molar-refractivity contribution < 1.29 is 17.3 Å². The minimum Gasteiger partial charge on any atom is -0.461 e. The Hall–Kier alpha value is -2.78. The Labute approximate surface area is 129 Å². The van der Waals surface area contributed by atoms with Crippen LogP contribution < -0.4 is 4.74 Å². The molecule has 0 unspecified atom stereocenters. The lowest BCUT2D eigenvalue weighted by Crippen LogP contribution is -2.02. The van der Waals surface area contributed by atoms with Gasteiger partial charge in [-0.05, 0) is 18.2 Å². The second-order valence-corrected chi connectivity index (χ2v) is 5.77. The van der Waals surface area contributed by atoms with E-state index in [1.165, 1.54) is 12.1 Å². The van der Waals surface area contributed by atoms with Gasteiger partial charge in [0.2, 0.25) is 0 Å². The predicted molar refractivity (Wildman–Crippen MR) is 80.2 cm³/mol. The van der Waals surface area contributed by atoms with Gasteiger partial charge in [-0.2, -0.15) is 13.7 Å². The van der Waals surface area contributed by atoms with Crippen molar-refractivity contribution >= 4 is 10.1 Å². The zero-order valence-electron chi connectivity index (χ0n) is 11.5.